The molecule has 26 heavy (non-hydrogen) atoms. The summed E-state index contributed by atoms with van der Waals surface area (Å²) in [7, 11) is 0. The van der Waals surface area contributed by atoms with Crippen molar-refractivity contribution in [2.75, 3.05) is 0 Å². The van der Waals surface area contributed by atoms with Crippen LogP contribution in [0.5, 0.6) is 0 Å². The number of hydrogen-bond acceptors (Lipinski definition) is 5. The summed E-state index contributed by atoms with van der Waals surface area (Å²) in [4.78, 5) is 20.5. The minimum absolute atomic E-state index is 0.00154. The second-order valence-electron chi connectivity index (χ2n) is 5.31. The number of alkyl halides is 3. The highest BCUT2D eigenvalue weighted by molar-refractivity contribution is 7.09. The number of aromatic nitrogens is 2. The van der Waals surface area contributed by atoms with Crippen molar-refractivity contribution in [2.24, 2.45) is 0 Å². The van der Waals surface area contributed by atoms with Crippen molar-refractivity contribution in [3.8, 4) is 17.2 Å². The number of ketones is 1. The number of carbonyl (C=O) groups is 1. The summed E-state index contributed by atoms with van der Waals surface area (Å²) in [5, 5.41) is 11.3. The molecule has 0 radical (unpaired) electrons. The standard InChI is InChI=1S/C18H10F3N3OS/c19-18(20,21)13-3-1-2-11(8-13)12-4-5-23-15(9-12)16(25)14(10-22)17-24-6-7-26-17/h1-9,14H. The first-order valence-corrected chi connectivity index (χ1v) is 8.25. The Balaban J connectivity index is 1.97. The fourth-order valence-electron chi connectivity index (χ4n) is 2.37. The molecule has 0 N–H and O–H groups in total. The number of pyridine rings is 1. The Morgan fingerprint density at radius 2 is 1.88 bits per heavy atom. The molecule has 3 aromatic rings. The van der Waals surface area contributed by atoms with Crippen LogP contribution in [0, 0.1) is 11.3 Å². The maximum absolute atomic E-state index is 12.9. The molecule has 0 saturated carbocycles. The Morgan fingerprint density at radius 1 is 1.12 bits per heavy atom. The van der Waals surface area contributed by atoms with Gasteiger partial charge in [0.1, 0.15) is 10.7 Å². The van der Waals surface area contributed by atoms with Gasteiger partial charge in [0.05, 0.1) is 11.6 Å². The Labute approximate surface area is 150 Å². The van der Waals surface area contributed by atoms with E-state index < -0.39 is 23.4 Å². The van der Waals surface area contributed by atoms with Crippen LogP contribution in [0.1, 0.15) is 27.0 Å². The van der Waals surface area contributed by atoms with Crippen LogP contribution in [-0.2, 0) is 6.18 Å². The number of nitriles is 1. The summed E-state index contributed by atoms with van der Waals surface area (Å²) >= 11 is 1.18. The van der Waals surface area contributed by atoms with Gasteiger partial charge in [-0.05, 0) is 35.4 Å². The van der Waals surface area contributed by atoms with Gasteiger partial charge in [0.15, 0.2) is 5.92 Å². The van der Waals surface area contributed by atoms with Crippen LogP contribution in [0.15, 0.2) is 54.2 Å². The van der Waals surface area contributed by atoms with Gasteiger partial charge in [-0.25, -0.2) is 4.98 Å². The number of halogens is 3. The van der Waals surface area contributed by atoms with E-state index in [9.17, 15) is 23.2 Å². The molecule has 0 amide bonds. The van der Waals surface area contributed by atoms with Crippen LogP contribution in [0.2, 0.25) is 0 Å². The number of Topliss-reactive ketones (excluding diaryl/α,β-unsaturated/α-hetero) is 1. The SMILES string of the molecule is N#CC(C(=O)c1cc(-c2cccc(C(F)(F)F)c2)ccn1)c1nccs1. The van der Waals surface area contributed by atoms with E-state index in [1.807, 2.05) is 6.07 Å². The van der Waals surface area contributed by atoms with E-state index in [0.717, 1.165) is 12.1 Å². The molecule has 0 fully saturated rings. The molecule has 0 aliphatic heterocycles. The molecule has 0 bridgehead atoms. The molecule has 1 atom stereocenters. The number of carbonyl (C=O) groups excluding carboxylic acids is 1. The van der Waals surface area contributed by atoms with Crippen molar-refractivity contribution in [1.82, 2.24) is 9.97 Å². The Bertz CT molecular complexity index is 978. The largest absolute Gasteiger partial charge is 0.416 e. The minimum atomic E-state index is -4.46. The minimum Gasteiger partial charge on any atom is -0.290 e. The van der Waals surface area contributed by atoms with Crippen LogP contribution in [0.25, 0.3) is 11.1 Å². The van der Waals surface area contributed by atoms with Crippen molar-refractivity contribution in [1.29, 1.82) is 5.26 Å². The summed E-state index contributed by atoms with van der Waals surface area (Å²) in [6, 6.07) is 9.59. The average Bonchev–Trinajstić information content (AvgIpc) is 3.16. The average molecular weight is 373 g/mol. The monoisotopic (exact) mass is 373 g/mol. The van der Waals surface area contributed by atoms with Gasteiger partial charge in [0.2, 0.25) is 5.78 Å². The van der Waals surface area contributed by atoms with Gasteiger partial charge in [-0.3, -0.25) is 9.78 Å². The maximum Gasteiger partial charge on any atom is 0.416 e. The summed E-state index contributed by atoms with van der Waals surface area (Å²) in [5.74, 6) is -1.64. The van der Waals surface area contributed by atoms with Crippen LogP contribution < -0.4 is 0 Å². The molecule has 0 saturated heterocycles. The Morgan fingerprint density at radius 3 is 2.54 bits per heavy atom. The lowest BCUT2D eigenvalue weighted by atomic mass is 9.99. The molecule has 3 rings (SSSR count). The molecule has 8 heteroatoms. The summed E-state index contributed by atoms with van der Waals surface area (Å²) in [5.41, 5.74) is -0.0663. The van der Waals surface area contributed by atoms with Crippen LogP contribution >= 0.6 is 11.3 Å². The smallest absolute Gasteiger partial charge is 0.290 e. The third-order valence-electron chi connectivity index (χ3n) is 3.63. The first-order valence-electron chi connectivity index (χ1n) is 7.37. The number of nitrogens with zero attached hydrogens (tertiary/aromatic N) is 3. The molecule has 2 aromatic heterocycles. The van der Waals surface area contributed by atoms with Gasteiger partial charge in [-0.2, -0.15) is 18.4 Å². The first kappa shape index (κ1) is 17.8. The third kappa shape index (κ3) is 3.63. The summed E-state index contributed by atoms with van der Waals surface area (Å²) in [6.45, 7) is 0. The van der Waals surface area contributed by atoms with Gasteiger partial charge >= 0.3 is 6.18 Å². The zero-order valence-electron chi connectivity index (χ0n) is 13.1. The van der Waals surface area contributed by atoms with Crippen molar-refractivity contribution < 1.29 is 18.0 Å². The van der Waals surface area contributed by atoms with Gasteiger partial charge < -0.3 is 0 Å². The zero-order valence-corrected chi connectivity index (χ0v) is 13.9. The van der Waals surface area contributed by atoms with Crippen LogP contribution in [0.3, 0.4) is 0 Å². The molecule has 2 heterocycles. The molecule has 1 aromatic carbocycles. The second kappa shape index (κ2) is 7.06. The van der Waals surface area contributed by atoms with E-state index in [0.29, 0.717) is 16.1 Å². The van der Waals surface area contributed by atoms with Crippen molar-refractivity contribution in [2.45, 2.75) is 12.1 Å². The molecular weight excluding hydrogens is 363 g/mol. The molecule has 4 nitrogen and oxygen atoms in total. The lowest BCUT2D eigenvalue weighted by Gasteiger charge is -2.10. The highest BCUT2D eigenvalue weighted by atomic mass is 32.1. The summed E-state index contributed by atoms with van der Waals surface area (Å²) in [6.07, 6.45) is -1.64. The van der Waals surface area contributed by atoms with E-state index in [1.165, 1.54) is 48.0 Å². The highest BCUT2D eigenvalue weighted by Gasteiger charge is 2.30. The third-order valence-corrected chi connectivity index (χ3v) is 4.47. The van der Waals surface area contributed by atoms with Crippen molar-refractivity contribution in [3.63, 3.8) is 0 Å². The van der Waals surface area contributed by atoms with Crippen molar-refractivity contribution in [3.05, 3.63) is 70.4 Å². The summed E-state index contributed by atoms with van der Waals surface area (Å²) < 4.78 is 38.7. The Hall–Kier alpha value is -3.05. The lowest BCUT2D eigenvalue weighted by molar-refractivity contribution is -0.137. The Kier molecular flexibility index (Phi) is 4.82. The molecular formula is C18H10F3N3OS. The fraction of sp³-hybridized carbons (Fsp3) is 0.111. The first-order chi connectivity index (χ1) is 12.4. The highest BCUT2D eigenvalue weighted by Crippen LogP contribution is 2.32. The number of rotatable bonds is 4. The van der Waals surface area contributed by atoms with Gasteiger partial charge in [0.25, 0.3) is 0 Å². The van der Waals surface area contributed by atoms with E-state index in [2.05, 4.69) is 9.97 Å². The zero-order chi connectivity index (χ0) is 18.7. The topological polar surface area (TPSA) is 66.6 Å². The van der Waals surface area contributed by atoms with E-state index in [4.69, 9.17) is 0 Å². The fourth-order valence-corrected chi connectivity index (χ4v) is 3.05. The number of thiazole rings is 1. The predicted octanol–water partition coefficient (Wildman–Crippen LogP) is 4.71. The molecule has 1 unspecified atom stereocenters. The normalized spacial score (nSPS) is 12.4. The number of hydrogen-bond donors (Lipinski definition) is 0. The quantitative estimate of drug-likeness (QED) is 0.621. The van der Waals surface area contributed by atoms with Gasteiger partial charge in [-0.15, -0.1) is 11.3 Å². The molecule has 0 spiro atoms. The maximum atomic E-state index is 12.9. The second-order valence-corrected chi connectivity index (χ2v) is 6.23. The lowest BCUT2D eigenvalue weighted by Crippen LogP contribution is -2.12. The molecule has 130 valence electrons. The van der Waals surface area contributed by atoms with E-state index >= 15 is 0 Å². The van der Waals surface area contributed by atoms with E-state index in [-0.39, 0.29) is 5.69 Å². The van der Waals surface area contributed by atoms with Crippen LogP contribution in [-0.4, -0.2) is 15.8 Å². The van der Waals surface area contributed by atoms with Crippen molar-refractivity contribution >= 4 is 17.1 Å². The molecule has 0 aliphatic carbocycles. The van der Waals surface area contributed by atoms with Crippen LogP contribution in [0.4, 0.5) is 13.2 Å². The van der Waals surface area contributed by atoms with E-state index in [1.54, 1.807) is 5.38 Å². The molecule has 0 aliphatic rings. The predicted molar refractivity (Wildman–Crippen MR) is 89.5 cm³/mol. The van der Waals surface area contributed by atoms with Gasteiger partial charge in [0, 0.05) is 17.8 Å². The van der Waals surface area contributed by atoms with Gasteiger partial charge in [-0.1, -0.05) is 12.1 Å². The number of benzene rings is 1.